The number of nitrogens with two attached hydrogens (primary N) is 1. The highest BCUT2D eigenvalue weighted by atomic mass is 16.1. The number of carbonyl (C=O) groups is 1. The monoisotopic (exact) mass is 178 g/mol. The zero-order valence-corrected chi connectivity index (χ0v) is 7.92. The minimum absolute atomic E-state index is 0.00463. The Balaban J connectivity index is 2.83. The number of amides is 1. The van der Waals surface area contributed by atoms with E-state index in [1.165, 1.54) is 0 Å². The third-order valence-electron chi connectivity index (χ3n) is 1.70. The van der Waals surface area contributed by atoms with Gasteiger partial charge < -0.3 is 11.1 Å². The van der Waals surface area contributed by atoms with Gasteiger partial charge in [-0.15, -0.1) is 0 Å². The summed E-state index contributed by atoms with van der Waals surface area (Å²) >= 11 is 0. The van der Waals surface area contributed by atoms with Crippen LogP contribution in [0.25, 0.3) is 0 Å². The molecule has 0 aliphatic rings. The molecule has 13 heavy (non-hydrogen) atoms. The van der Waals surface area contributed by atoms with Crippen LogP contribution in [0.1, 0.15) is 18.9 Å². The maximum absolute atomic E-state index is 11.1. The number of hydrogen-bond acceptors (Lipinski definition) is 2. The topological polar surface area (TPSA) is 55.1 Å². The predicted molar refractivity (Wildman–Crippen MR) is 54.5 cm³/mol. The van der Waals surface area contributed by atoms with E-state index in [1.807, 2.05) is 26.0 Å². The number of rotatable bonds is 2. The third-order valence-corrected chi connectivity index (χ3v) is 1.70. The summed E-state index contributed by atoms with van der Waals surface area (Å²) in [5.74, 6) is 0.00463. The SMILES string of the molecule is CCC(=O)Nc1cc(C)cc(N)c1. The summed E-state index contributed by atoms with van der Waals surface area (Å²) in [7, 11) is 0. The van der Waals surface area contributed by atoms with Crippen LogP contribution in [0, 0.1) is 6.92 Å². The first-order valence-corrected chi connectivity index (χ1v) is 4.29. The van der Waals surface area contributed by atoms with Gasteiger partial charge >= 0.3 is 0 Å². The number of hydrogen-bond donors (Lipinski definition) is 2. The lowest BCUT2D eigenvalue weighted by molar-refractivity contribution is -0.115. The van der Waals surface area contributed by atoms with Crippen molar-refractivity contribution in [1.29, 1.82) is 0 Å². The van der Waals surface area contributed by atoms with Crippen molar-refractivity contribution in [3.8, 4) is 0 Å². The van der Waals surface area contributed by atoms with E-state index < -0.39 is 0 Å². The molecule has 0 fully saturated rings. The van der Waals surface area contributed by atoms with Crippen LogP contribution in [0.4, 0.5) is 11.4 Å². The summed E-state index contributed by atoms with van der Waals surface area (Å²) in [6.07, 6.45) is 0.480. The Bertz CT molecular complexity index is 300. The molecule has 0 radical (unpaired) electrons. The Hall–Kier alpha value is -1.51. The van der Waals surface area contributed by atoms with Crippen molar-refractivity contribution in [1.82, 2.24) is 0 Å². The molecule has 0 atom stereocenters. The fraction of sp³-hybridized carbons (Fsp3) is 0.300. The lowest BCUT2D eigenvalue weighted by Crippen LogP contribution is -2.09. The number of aryl methyl sites for hydroxylation is 1. The molecule has 0 aliphatic carbocycles. The van der Waals surface area contributed by atoms with Crippen LogP contribution in [-0.2, 0) is 4.79 Å². The van der Waals surface area contributed by atoms with E-state index >= 15 is 0 Å². The smallest absolute Gasteiger partial charge is 0.224 e. The van der Waals surface area contributed by atoms with E-state index in [9.17, 15) is 4.79 Å². The minimum atomic E-state index is 0.00463. The van der Waals surface area contributed by atoms with E-state index in [2.05, 4.69) is 5.32 Å². The normalized spacial score (nSPS) is 9.69. The second-order valence-corrected chi connectivity index (χ2v) is 3.03. The molecule has 0 saturated carbocycles. The zero-order valence-electron chi connectivity index (χ0n) is 7.92. The summed E-state index contributed by atoms with van der Waals surface area (Å²) < 4.78 is 0. The van der Waals surface area contributed by atoms with Crippen molar-refractivity contribution < 1.29 is 4.79 Å². The van der Waals surface area contributed by atoms with Crippen LogP contribution in [0.5, 0.6) is 0 Å². The lowest BCUT2D eigenvalue weighted by atomic mass is 10.2. The number of anilines is 2. The maximum atomic E-state index is 11.1. The first-order valence-electron chi connectivity index (χ1n) is 4.29. The minimum Gasteiger partial charge on any atom is -0.399 e. The highest BCUT2D eigenvalue weighted by Gasteiger charge is 1.99. The molecule has 0 aliphatic heterocycles. The average Bonchev–Trinajstić information content (AvgIpc) is 2.02. The molecule has 1 amide bonds. The third kappa shape index (κ3) is 2.78. The number of benzene rings is 1. The Labute approximate surface area is 77.9 Å². The molecular weight excluding hydrogens is 164 g/mol. The average molecular weight is 178 g/mol. The Morgan fingerprint density at radius 1 is 1.46 bits per heavy atom. The number of nitrogen functional groups attached to an aromatic ring is 1. The molecule has 3 heteroatoms. The highest BCUT2D eigenvalue weighted by Crippen LogP contribution is 2.15. The van der Waals surface area contributed by atoms with Gasteiger partial charge in [0.15, 0.2) is 0 Å². The summed E-state index contributed by atoms with van der Waals surface area (Å²) in [6.45, 7) is 3.76. The van der Waals surface area contributed by atoms with Crippen LogP contribution in [-0.4, -0.2) is 5.91 Å². The van der Waals surface area contributed by atoms with Gasteiger partial charge in [-0.25, -0.2) is 0 Å². The van der Waals surface area contributed by atoms with Crippen LogP contribution >= 0.6 is 0 Å². The fourth-order valence-corrected chi connectivity index (χ4v) is 1.13. The van der Waals surface area contributed by atoms with E-state index in [1.54, 1.807) is 6.07 Å². The van der Waals surface area contributed by atoms with Crippen molar-refractivity contribution in [2.24, 2.45) is 0 Å². The summed E-state index contributed by atoms with van der Waals surface area (Å²) in [5, 5.41) is 2.75. The van der Waals surface area contributed by atoms with Gasteiger partial charge in [0.2, 0.25) is 5.91 Å². The molecule has 1 aromatic rings. The van der Waals surface area contributed by atoms with Crippen molar-refractivity contribution >= 4 is 17.3 Å². The summed E-state index contributed by atoms with van der Waals surface area (Å²) in [5.41, 5.74) is 8.11. The predicted octanol–water partition coefficient (Wildman–Crippen LogP) is 1.93. The first-order chi connectivity index (χ1) is 6.11. The van der Waals surface area contributed by atoms with E-state index in [4.69, 9.17) is 5.73 Å². The molecule has 3 nitrogen and oxygen atoms in total. The van der Waals surface area contributed by atoms with E-state index in [-0.39, 0.29) is 5.91 Å². The molecule has 0 saturated heterocycles. The van der Waals surface area contributed by atoms with Gasteiger partial charge in [0.1, 0.15) is 0 Å². The lowest BCUT2D eigenvalue weighted by Gasteiger charge is -2.05. The quantitative estimate of drug-likeness (QED) is 0.680. The van der Waals surface area contributed by atoms with Crippen LogP contribution in [0.2, 0.25) is 0 Å². The largest absolute Gasteiger partial charge is 0.399 e. The van der Waals surface area contributed by atoms with Crippen LogP contribution in [0.15, 0.2) is 18.2 Å². The van der Waals surface area contributed by atoms with Gasteiger partial charge in [-0.1, -0.05) is 6.92 Å². The van der Waals surface area contributed by atoms with Crippen molar-refractivity contribution in [2.45, 2.75) is 20.3 Å². The molecule has 0 heterocycles. The van der Waals surface area contributed by atoms with Crippen LogP contribution in [0.3, 0.4) is 0 Å². The van der Waals surface area contributed by atoms with Crippen molar-refractivity contribution in [3.63, 3.8) is 0 Å². The second kappa shape index (κ2) is 3.94. The molecule has 0 bridgehead atoms. The number of carbonyl (C=O) groups excluding carboxylic acids is 1. The van der Waals surface area contributed by atoms with Gasteiger partial charge in [0.05, 0.1) is 0 Å². The molecule has 1 aromatic carbocycles. The van der Waals surface area contributed by atoms with E-state index in [0.717, 1.165) is 11.3 Å². The molecule has 0 aromatic heterocycles. The van der Waals surface area contributed by atoms with Crippen molar-refractivity contribution in [2.75, 3.05) is 11.1 Å². The molecule has 3 N–H and O–H groups in total. The Morgan fingerprint density at radius 2 is 2.15 bits per heavy atom. The van der Waals surface area contributed by atoms with Crippen molar-refractivity contribution in [3.05, 3.63) is 23.8 Å². The molecular formula is C10H14N2O. The zero-order chi connectivity index (χ0) is 9.84. The Morgan fingerprint density at radius 3 is 2.69 bits per heavy atom. The molecule has 70 valence electrons. The van der Waals surface area contributed by atoms with Gasteiger partial charge in [-0.2, -0.15) is 0 Å². The first kappa shape index (κ1) is 9.58. The highest BCUT2D eigenvalue weighted by molar-refractivity contribution is 5.91. The van der Waals surface area contributed by atoms with Gasteiger partial charge in [-0.3, -0.25) is 4.79 Å². The van der Waals surface area contributed by atoms with E-state index in [0.29, 0.717) is 12.1 Å². The molecule has 1 rings (SSSR count). The molecule has 0 spiro atoms. The Kier molecular flexibility index (Phi) is 2.90. The fourth-order valence-electron chi connectivity index (χ4n) is 1.13. The molecule has 0 unspecified atom stereocenters. The van der Waals surface area contributed by atoms with Gasteiger partial charge in [0.25, 0.3) is 0 Å². The van der Waals surface area contributed by atoms with Gasteiger partial charge in [0, 0.05) is 17.8 Å². The standard InChI is InChI=1S/C10H14N2O/c1-3-10(13)12-9-5-7(2)4-8(11)6-9/h4-6H,3,11H2,1-2H3,(H,12,13). The number of nitrogens with one attached hydrogen (secondary N) is 1. The maximum Gasteiger partial charge on any atom is 0.224 e. The van der Waals surface area contributed by atoms with Crippen LogP contribution < -0.4 is 11.1 Å². The van der Waals surface area contributed by atoms with Gasteiger partial charge in [-0.05, 0) is 30.7 Å². The second-order valence-electron chi connectivity index (χ2n) is 3.03. The summed E-state index contributed by atoms with van der Waals surface area (Å²) in [6, 6.07) is 5.51. The summed E-state index contributed by atoms with van der Waals surface area (Å²) in [4.78, 5) is 11.1.